The highest BCUT2D eigenvalue weighted by Crippen LogP contribution is 2.20. The van der Waals surface area contributed by atoms with Crippen molar-refractivity contribution >= 4 is 41.0 Å². The van der Waals surface area contributed by atoms with Crippen LogP contribution in [0.2, 0.25) is 0 Å². The molecule has 1 atom stereocenters. The summed E-state index contributed by atoms with van der Waals surface area (Å²) in [6.07, 6.45) is 1.59. The Labute approximate surface area is 182 Å². The second kappa shape index (κ2) is 9.85. The van der Waals surface area contributed by atoms with Gasteiger partial charge < -0.3 is 14.1 Å². The van der Waals surface area contributed by atoms with E-state index < -0.39 is 23.7 Å². The van der Waals surface area contributed by atoms with Gasteiger partial charge in [0, 0.05) is 18.5 Å². The van der Waals surface area contributed by atoms with E-state index in [4.69, 9.17) is 16.6 Å². The number of rotatable bonds is 5. The number of nitrogens with zero attached hydrogens (tertiary/aromatic N) is 1. The number of furan rings is 1. The first kappa shape index (κ1) is 22.0. The van der Waals surface area contributed by atoms with Gasteiger partial charge in [0.15, 0.2) is 5.11 Å². The molecular formula is C20H20N4O6S. The highest BCUT2D eigenvalue weighted by Gasteiger charge is 2.34. The molecule has 1 unspecified atom stereocenters. The molecule has 2 aromatic rings. The van der Waals surface area contributed by atoms with Gasteiger partial charge >= 0.3 is 5.97 Å². The molecule has 2 heterocycles. The van der Waals surface area contributed by atoms with Crippen molar-refractivity contribution in [3.05, 3.63) is 59.5 Å². The van der Waals surface area contributed by atoms with Gasteiger partial charge in [-0.2, -0.15) is 0 Å². The molecule has 0 saturated carbocycles. The van der Waals surface area contributed by atoms with Gasteiger partial charge in [0.05, 0.1) is 31.4 Å². The van der Waals surface area contributed by atoms with Crippen LogP contribution in [0.3, 0.4) is 0 Å². The van der Waals surface area contributed by atoms with Crippen molar-refractivity contribution in [1.29, 1.82) is 0 Å². The normalized spacial score (nSPS) is 15.3. The minimum atomic E-state index is -0.556. The van der Waals surface area contributed by atoms with E-state index in [1.165, 1.54) is 37.6 Å². The summed E-state index contributed by atoms with van der Waals surface area (Å²) in [4.78, 5) is 49.6. The van der Waals surface area contributed by atoms with Gasteiger partial charge in [-0.25, -0.2) is 4.79 Å². The smallest absolute Gasteiger partial charge is 0.337 e. The zero-order valence-electron chi connectivity index (χ0n) is 16.5. The Balaban J connectivity index is 1.44. The number of nitrogens with one attached hydrogen (secondary N) is 3. The number of esters is 1. The SMILES string of the molecule is COC(=O)c1ccc(C(=O)NC(=S)NNC(=O)C2CC(=O)N(Cc3ccco3)C2)cc1. The lowest BCUT2D eigenvalue weighted by Gasteiger charge is -2.16. The van der Waals surface area contributed by atoms with Crippen molar-refractivity contribution in [2.45, 2.75) is 13.0 Å². The van der Waals surface area contributed by atoms with Gasteiger partial charge in [-0.1, -0.05) is 0 Å². The predicted octanol–water partition coefficient (Wildman–Crippen LogP) is 0.750. The van der Waals surface area contributed by atoms with Gasteiger partial charge in [-0.15, -0.1) is 0 Å². The third kappa shape index (κ3) is 5.66. The van der Waals surface area contributed by atoms with Crippen LogP contribution in [0.5, 0.6) is 0 Å². The molecule has 1 fully saturated rings. The van der Waals surface area contributed by atoms with E-state index in [1.807, 2.05) is 0 Å². The van der Waals surface area contributed by atoms with Crippen LogP contribution in [0.15, 0.2) is 47.1 Å². The topological polar surface area (TPSA) is 130 Å². The zero-order valence-corrected chi connectivity index (χ0v) is 17.4. The summed E-state index contributed by atoms with van der Waals surface area (Å²) >= 11 is 5.01. The van der Waals surface area contributed by atoms with Crippen LogP contribution in [-0.4, -0.2) is 47.4 Å². The Morgan fingerprint density at radius 2 is 1.87 bits per heavy atom. The van der Waals surface area contributed by atoms with E-state index >= 15 is 0 Å². The summed E-state index contributed by atoms with van der Waals surface area (Å²) < 4.78 is 9.83. The van der Waals surface area contributed by atoms with Crippen molar-refractivity contribution in [3.8, 4) is 0 Å². The summed E-state index contributed by atoms with van der Waals surface area (Å²) in [7, 11) is 1.26. The molecular weight excluding hydrogens is 424 g/mol. The predicted molar refractivity (Wildman–Crippen MR) is 111 cm³/mol. The molecule has 10 nitrogen and oxygen atoms in total. The van der Waals surface area contributed by atoms with E-state index in [0.29, 0.717) is 17.9 Å². The summed E-state index contributed by atoms with van der Waals surface area (Å²) in [5.74, 6) is -1.53. The van der Waals surface area contributed by atoms with Crippen molar-refractivity contribution in [2.75, 3.05) is 13.7 Å². The monoisotopic (exact) mass is 444 g/mol. The molecule has 3 rings (SSSR count). The number of hydrogen-bond acceptors (Lipinski definition) is 7. The maximum absolute atomic E-state index is 12.3. The number of thiocarbonyl (C=S) groups is 1. The molecule has 3 N–H and O–H groups in total. The minimum absolute atomic E-state index is 0.0693. The first-order valence-electron chi connectivity index (χ1n) is 9.27. The molecule has 11 heteroatoms. The molecule has 0 spiro atoms. The molecule has 162 valence electrons. The van der Waals surface area contributed by atoms with Crippen LogP contribution >= 0.6 is 12.2 Å². The van der Waals surface area contributed by atoms with Gasteiger partial charge in [0.2, 0.25) is 11.8 Å². The maximum atomic E-state index is 12.3. The van der Waals surface area contributed by atoms with Gasteiger partial charge in [0.25, 0.3) is 5.91 Å². The number of ether oxygens (including phenoxy) is 1. The zero-order chi connectivity index (χ0) is 22.4. The summed E-state index contributed by atoms with van der Waals surface area (Å²) in [5, 5.41) is 2.29. The fraction of sp³-hybridized carbons (Fsp3) is 0.250. The Kier molecular flexibility index (Phi) is 6.98. The molecule has 1 aromatic heterocycles. The summed E-state index contributed by atoms with van der Waals surface area (Å²) in [6.45, 7) is 0.547. The van der Waals surface area contributed by atoms with Crippen LogP contribution in [0.4, 0.5) is 0 Å². The lowest BCUT2D eigenvalue weighted by molar-refractivity contribution is -0.129. The second-order valence-corrected chi connectivity index (χ2v) is 7.13. The first-order valence-corrected chi connectivity index (χ1v) is 9.68. The molecule has 0 aliphatic carbocycles. The second-order valence-electron chi connectivity index (χ2n) is 6.72. The molecule has 1 saturated heterocycles. The molecule has 3 amide bonds. The number of hydrogen-bond donors (Lipinski definition) is 3. The number of benzene rings is 1. The summed E-state index contributed by atoms with van der Waals surface area (Å²) in [5.41, 5.74) is 5.42. The summed E-state index contributed by atoms with van der Waals surface area (Å²) in [6, 6.07) is 9.27. The lowest BCUT2D eigenvalue weighted by atomic mass is 10.1. The molecule has 0 radical (unpaired) electrons. The highest BCUT2D eigenvalue weighted by atomic mass is 32.1. The standard InChI is InChI=1S/C20H20N4O6S/c1-29-19(28)13-6-4-12(5-7-13)17(26)21-20(31)23-22-18(27)14-9-16(25)24(10-14)11-15-3-2-8-30-15/h2-8,14H,9-11H2,1H3,(H,22,27)(H2,21,23,26,31). The number of carbonyl (C=O) groups is 4. The quantitative estimate of drug-likeness (QED) is 0.350. The van der Waals surface area contributed by atoms with Crippen molar-refractivity contribution in [1.82, 2.24) is 21.1 Å². The van der Waals surface area contributed by atoms with Gasteiger partial charge in [0.1, 0.15) is 5.76 Å². The number of carbonyl (C=O) groups excluding carboxylic acids is 4. The molecule has 1 aliphatic heterocycles. The molecule has 0 bridgehead atoms. The first-order chi connectivity index (χ1) is 14.9. The van der Waals surface area contributed by atoms with E-state index in [2.05, 4.69) is 20.9 Å². The third-order valence-electron chi connectivity index (χ3n) is 4.61. The van der Waals surface area contributed by atoms with Crippen LogP contribution < -0.4 is 16.2 Å². The highest BCUT2D eigenvalue weighted by molar-refractivity contribution is 7.80. The van der Waals surface area contributed by atoms with Crippen LogP contribution in [-0.2, 0) is 20.9 Å². The van der Waals surface area contributed by atoms with Crippen LogP contribution in [0, 0.1) is 5.92 Å². The van der Waals surface area contributed by atoms with Crippen molar-refractivity contribution < 1.29 is 28.3 Å². The Morgan fingerprint density at radius 1 is 1.16 bits per heavy atom. The molecule has 1 aromatic carbocycles. The average molecular weight is 444 g/mol. The maximum Gasteiger partial charge on any atom is 0.337 e. The van der Waals surface area contributed by atoms with E-state index in [1.54, 1.807) is 17.0 Å². The van der Waals surface area contributed by atoms with E-state index in [9.17, 15) is 19.2 Å². The molecule has 1 aliphatic rings. The number of methoxy groups -OCH3 is 1. The van der Waals surface area contributed by atoms with Crippen molar-refractivity contribution in [3.63, 3.8) is 0 Å². The van der Waals surface area contributed by atoms with Gasteiger partial charge in [-0.3, -0.25) is 30.6 Å². The van der Waals surface area contributed by atoms with Gasteiger partial charge in [-0.05, 0) is 48.6 Å². The van der Waals surface area contributed by atoms with Crippen LogP contribution in [0.1, 0.15) is 32.9 Å². The fourth-order valence-electron chi connectivity index (χ4n) is 2.99. The average Bonchev–Trinajstić information content (AvgIpc) is 3.41. The Bertz CT molecular complexity index is 990. The number of amides is 3. The lowest BCUT2D eigenvalue weighted by Crippen LogP contribution is -2.50. The Morgan fingerprint density at radius 3 is 2.52 bits per heavy atom. The largest absolute Gasteiger partial charge is 0.467 e. The van der Waals surface area contributed by atoms with E-state index in [-0.39, 0.29) is 29.5 Å². The van der Waals surface area contributed by atoms with E-state index in [0.717, 1.165) is 0 Å². The number of hydrazine groups is 1. The number of likely N-dealkylation sites (tertiary alicyclic amines) is 1. The molecule has 31 heavy (non-hydrogen) atoms. The Hall–Kier alpha value is -3.73. The minimum Gasteiger partial charge on any atom is -0.467 e. The van der Waals surface area contributed by atoms with Crippen molar-refractivity contribution in [2.24, 2.45) is 5.92 Å². The fourth-order valence-corrected chi connectivity index (χ4v) is 3.14. The van der Waals surface area contributed by atoms with Crippen LogP contribution in [0.25, 0.3) is 0 Å². The third-order valence-corrected chi connectivity index (χ3v) is 4.81.